The lowest BCUT2D eigenvalue weighted by Crippen LogP contribution is -3.00. The average Bonchev–Trinajstić information content (AvgIpc) is 2.17. The molecule has 0 saturated heterocycles. The standard InChI is InChI=1S/C12H14N.HI/c1-10(2)13-9-5-7-11-6-3-4-8-12(11)13;/h3-10H,1-2H3;1H/q+1;/p-1. The molecule has 14 heavy (non-hydrogen) atoms. The van der Waals surface area contributed by atoms with Crippen molar-refractivity contribution < 1.29 is 28.5 Å². The summed E-state index contributed by atoms with van der Waals surface area (Å²) in [6, 6.07) is 13.2. The summed E-state index contributed by atoms with van der Waals surface area (Å²) in [7, 11) is 0. The van der Waals surface area contributed by atoms with Crippen LogP contribution < -0.4 is 28.5 Å². The first kappa shape index (κ1) is 11.4. The molecule has 0 amide bonds. The van der Waals surface area contributed by atoms with E-state index < -0.39 is 0 Å². The Hall–Kier alpha value is -0.640. The molecule has 2 rings (SSSR count). The molecule has 2 heteroatoms. The Bertz CT molecular complexity index is 418. The maximum atomic E-state index is 2.29. The molecule has 0 aliphatic rings. The fourth-order valence-electron chi connectivity index (χ4n) is 1.63. The van der Waals surface area contributed by atoms with Crippen molar-refractivity contribution in [2.24, 2.45) is 0 Å². The van der Waals surface area contributed by atoms with Gasteiger partial charge in [-0.05, 0) is 26.0 Å². The summed E-state index contributed by atoms with van der Waals surface area (Å²) >= 11 is 0. The molecule has 74 valence electrons. The number of para-hydroxylation sites is 1. The summed E-state index contributed by atoms with van der Waals surface area (Å²) in [6.07, 6.45) is 2.13. The molecule has 1 aromatic heterocycles. The molecule has 0 aliphatic carbocycles. The predicted octanol–water partition coefficient (Wildman–Crippen LogP) is -0.288. The predicted molar refractivity (Wildman–Crippen MR) is 54.5 cm³/mol. The minimum atomic E-state index is 0. The summed E-state index contributed by atoms with van der Waals surface area (Å²) in [5, 5.41) is 1.30. The lowest BCUT2D eigenvalue weighted by molar-refractivity contribution is -0.691. The molecule has 1 nitrogen and oxygen atoms in total. The maximum absolute atomic E-state index is 2.29. The number of halogens is 1. The zero-order chi connectivity index (χ0) is 9.26. The number of pyridine rings is 1. The van der Waals surface area contributed by atoms with Crippen LogP contribution >= 0.6 is 0 Å². The second kappa shape index (κ2) is 4.73. The van der Waals surface area contributed by atoms with Crippen molar-refractivity contribution in [1.82, 2.24) is 0 Å². The first-order chi connectivity index (χ1) is 6.29. The van der Waals surface area contributed by atoms with Crippen LogP contribution in [0.5, 0.6) is 0 Å². The molecule has 1 aromatic carbocycles. The third-order valence-corrected chi connectivity index (χ3v) is 2.29. The lowest BCUT2D eigenvalue weighted by Gasteiger charge is -2.03. The number of rotatable bonds is 1. The monoisotopic (exact) mass is 299 g/mol. The van der Waals surface area contributed by atoms with Crippen LogP contribution in [0.3, 0.4) is 0 Å². The van der Waals surface area contributed by atoms with E-state index in [1.54, 1.807) is 0 Å². The van der Waals surface area contributed by atoms with Crippen LogP contribution in [0.1, 0.15) is 19.9 Å². The minimum absolute atomic E-state index is 0. The minimum Gasteiger partial charge on any atom is -1.00 e. The molecule has 0 bridgehead atoms. The fourth-order valence-corrected chi connectivity index (χ4v) is 1.63. The summed E-state index contributed by atoms with van der Waals surface area (Å²) in [5.41, 5.74) is 1.31. The van der Waals surface area contributed by atoms with Crippen LogP contribution in [0.2, 0.25) is 0 Å². The first-order valence-corrected chi connectivity index (χ1v) is 4.68. The molecule has 0 N–H and O–H groups in total. The number of aromatic nitrogens is 1. The molecule has 0 unspecified atom stereocenters. The Labute approximate surface area is 102 Å². The van der Waals surface area contributed by atoms with E-state index in [0.717, 1.165) is 0 Å². The highest BCUT2D eigenvalue weighted by atomic mass is 127. The Morgan fingerprint density at radius 2 is 1.64 bits per heavy atom. The topological polar surface area (TPSA) is 3.88 Å². The molecule has 0 spiro atoms. The highest BCUT2D eigenvalue weighted by molar-refractivity contribution is 5.74. The van der Waals surface area contributed by atoms with Gasteiger partial charge in [-0.1, -0.05) is 12.1 Å². The Balaban J connectivity index is 0.000000980. The van der Waals surface area contributed by atoms with Gasteiger partial charge in [-0.25, -0.2) is 0 Å². The van der Waals surface area contributed by atoms with Crippen LogP contribution in [0.25, 0.3) is 10.9 Å². The third-order valence-electron chi connectivity index (χ3n) is 2.29. The van der Waals surface area contributed by atoms with Gasteiger partial charge in [0, 0.05) is 17.5 Å². The van der Waals surface area contributed by atoms with Crippen molar-refractivity contribution in [3.8, 4) is 0 Å². The highest BCUT2D eigenvalue weighted by Gasteiger charge is 2.09. The van der Waals surface area contributed by atoms with Gasteiger partial charge in [0.15, 0.2) is 12.2 Å². The van der Waals surface area contributed by atoms with Crippen LogP contribution in [-0.2, 0) is 0 Å². The SMILES string of the molecule is CC(C)[n+]1cccc2ccccc21.[I-]. The molecule has 0 atom stereocenters. The third kappa shape index (κ3) is 2.05. The van der Waals surface area contributed by atoms with Crippen molar-refractivity contribution in [2.45, 2.75) is 19.9 Å². The van der Waals surface area contributed by atoms with Gasteiger partial charge in [0.05, 0.1) is 0 Å². The lowest BCUT2D eigenvalue weighted by atomic mass is 10.2. The molecule has 0 aliphatic heterocycles. The molecular weight excluding hydrogens is 285 g/mol. The molecule has 0 saturated carbocycles. The van der Waals surface area contributed by atoms with Crippen LogP contribution in [0, 0.1) is 0 Å². The highest BCUT2D eigenvalue weighted by Crippen LogP contribution is 2.09. The van der Waals surface area contributed by atoms with Gasteiger partial charge in [-0.2, -0.15) is 4.57 Å². The van der Waals surface area contributed by atoms with E-state index in [4.69, 9.17) is 0 Å². The first-order valence-electron chi connectivity index (χ1n) is 4.68. The van der Waals surface area contributed by atoms with Crippen molar-refractivity contribution in [3.63, 3.8) is 0 Å². The molecule has 2 aromatic rings. The van der Waals surface area contributed by atoms with Crippen molar-refractivity contribution in [1.29, 1.82) is 0 Å². The molecule has 1 heterocycles. The van der Waals surface area contributed by atoms with Gasteiger partial charge in [0.1, 0.15) is 0 Å². The van der Waals surface area contributed by atoms with E-state index in [9.17, 15) is 0 Å². The quantitative estimate of drug-likeness (QED) is 0.503. The summed E-state index contributed by atoms with van der Waals surface area (Å²) in [5.74, 6) is 0. The van der Waals surface area contributed by atoms with Gasteiger partial charge >= 0.3 is 0 Å². The van der Waals surface area contributed by atoms with Gasteiger partial charge < -0.3 is 24.0 Å². The number of nitrogens with zero attached hydrogens (tertiary/aromatic N) is 1. The second-order valence-corrected chi connectivity index (χ2v) is 3.57. The van der Waals surface area contributed by atoms with Gasteiger partial charge in [0.2, 0.25) is 5.52 Å². The Kier molecular flexibility index (Phi) is 3.86. The van der Waals surface area contributed by atoms with Crippen LogP contribution in [-0.4, -0.2) is 0 Å². The van der Waals surface area contributed by atoms with Crippen molar-refractivity contribution in [3.05, 3.63) is 42.6 Å². The molecule has 0 radical (unpaired) electrons. The van der Waals surface area contributed by atoms with E-state index in [-0.39, 0.29) is 24.0 Å². The van der Waals surface area contributed by atoms with E-state index in [1.165, 1.54) is 10.9 Å². The van der Waals surface area contributed by atoms with E-state index in [0.29, 0.717) is 6.04 Å². The summed E-state index contributed by atoms with van der Waals surface area (Å²) in [4.78, 5) is 0. The zero-order valence-corrected chi connectivity index (χ0v) is 10.6. The number of hydrogen-bond acceptors (Lipinski definition) is 0. The molecule has 0 fully saturated rings. The normalized spacial score (nSPS) is 10.2. The zero-order valence-electron chi connectivity index (χ0n) is 8.44. The van der Waals surface area contributed by atoms with E-state index in [2.05, 4.69) is 61.0 Å². The Morgan fingerprint density at radius 1 is 1.00 bits per heavy atom. The second-order valence-electron chi connectivity index (χ2n) is 3.57. The fraction of sp³-hybridized carbons (Fsp3) is 0.250. The summed E-state index contributed by atoms with van der Waals surface area (Å²) < 4.78 is 2.29. The summed E-state index contributed by atoms with van der Waals surface area (Å²) in [6.45, 7) is 4.40. The smallest absolute Gasteiger partial charge is 0.212 e. The van der Waals surface area contributed by atoms with Crippen molar-refractivity contribution >= 4 is 10.9 Å². The van der Waals surface area contributed by atoms with Gasteiger partial charge in [0.25, 0.3) is 0 Å². The van der Waals surface area contributed by atoms with Gasteiger partial charge in [-0.3, -0.25) is 0 Å². The van der Waals surface area contributed by atoms with E-state index in [1.807, 2.05) is 0 Å². The number of fused-ring (bicyclic) bond motifs is 1. The average molecular weight is 299 g/mol. The maximum Gasteiger partial charge on any atom is 0.212 e. The number of hydrogen-bond donors (Lipinski definition) is 0. The van der Waals surface area contributed by atoms with E-state index >= 15 is 0 Å². The van der Waals surface area contributed by atoms with Crippen molar-refractivity contribution in [2.75, 3.05) is 0 Å². The molecular formula is C12H14IN. The van der Waals surface area contributed by atoms with Gasteiger partial charge in [-0.15, -0.1) is 0 Å². The number of benzene rings is 1. The van der Waals surface area contributed by atoms with Crippen LogP contribution in [0.15, 0.2) is 42.6 Å². The largest absolute Gasteiger partial charge is 1.00 e. The Morgan fingerprint density at radius 3 is 2.36 bits per heavy atom. The van der Waals surface area contributed by atoms with Crippen LogP contribution in [0.4, 0.5) is 0 Å².